The second-order valence-electron chi connectivity index (χ2n) is 6.81. The van der Waals surface area contributed by atoms with Crippen molar-refractivity contribution in [3.63, 3.8) is 0 Å². The Labute approximate surface area is 142 Å². The van der Waals surface area contributed by atoms with E-state index in [0.29, 0.717) is 29.6 Å². The van der Waals surface area contributed by atoms with Crippen LogP contribution < -0.4 is 4.74 Å². The Morgan fingerprint density at radius 1 is 1.04 bits per heavy atom. The molecule has 4 nitrogen and oxygen atoms in total. The molecule has 1 N–H and O–H groups in total. The highest BCUT2D eigenvalue weighted by Crippen LogP contribution is 2.32. The first kappa shape index (κ1) is 17.7. The van der Waals surface area contributed by atoms with Gasteiger partial charge in [-0.15, -0.1) is 0 Å². The van der Waals surface area contributed by atoms with Gasteiger partial charge in [-0.05, 0) is 40.3 Å². The van der Waals surface area contributed by atoms with E-state index in [-0.39, 0.29) is 16.7 Å². The van der Waals surface area contributed by atoms with Crippen LogP contribution in [0.2, 0.25) is 0 Å². The van der Waals surface area contributed by atoms with Gasteiger partial charge in [0.15, 0.2) is 12.6 Å². The maximum atomic E-state index is 11.3. The molecule has 24 heavy (non-hydrogen) atoms. The van der Waals surface area contributed by atoms with Gasteiger partial charge >= 0.3 is 0 Å². The molecule has 0 aromatic heterocycles. The van der Waals surface area contributed by atoms with E-state index in [9.17, 15) is 14.7 Å². The van der Waals surface area contributed by atoms with Crippen LogP contribution in [0.1, 0.15) is 58.2 Å². The second kappa shape index (κ2) is 6.87. The third kappa shape index (κ3) is 3.65. The van der Waals surface area contributed by atoms with Crippen LogP contribution in [-0.2, 0) is 11.8 Å². The highest BCUT2D eigenvalue weighted by Gasteiger charge is 2.19. The van der Waals surface area contributed by atoms with Gasteiger partial charge in [0, 0.05) is 6.42 Å². The van der Waals surface area contributed by atoms with Gasteiger partial charge in [-0.25, -0.2) is 0 Å². The fraction of sp³-hybridized carbons (Fsp3) is 0.300. The van der Waals surface area contributed by atoms with Crippen LogP contribution in [0.4, 0.5) is 0 Å². The van der Waals surface area contributed by atoms with Crippen molar-refractivity contribution < 1.29 is 19.4 Å². The number of phenolic OH excluding ortho intramolecular Hbond substituents is 1. The number of ether oxygens (including phenoxy) is 1. The Bertz CT molecular complexity index is 770. The number of rotatable bonds is 5. The van der Waals surface area contributed by atoms with Crippen molar-refractivity contribution in [2.75, 3.05) is 7.11 Å². The summed E-state index contributed by atoms with van der Waals surface area (Å²) >= 11 is 0. The summed E-state index contributed by atoms with van der Waals surface area (Å²) in [6.45, 7) is 6.15. The minimum atomic E-state index is -0.145. The van der Waals surface area contributed by atoms with Crippen LogP contribution in [-0.4, -0.2) is 24.8 Å². The zero-order chi connectivity index (χ0) is 17.9. The van der Waals surface area contributed by atoms with Crippen LogP contribution in [0.25, 0.3) is 0 Å². The van der Waals surface area contributed by atoms with Gasteiger partial charge in [0.1, 0.15) is 11.5 Å². The van der Waals surface area contributed by atoms with Crippen LogP contribution in [0.3, 0.4) is 0 Å². The molecule has 0 heterocycles. The highest BCUT2D eigenvalue weighted by molar-refractivity contribution is 5.81. The molecule has 0 radical (unpaired) electrons. The van der Waals surface area contributed by atoms with Crippen molar-refractivity contribution in [2.24, 2.45) is 0 Å². The van der Waals surface area contributed by atoms with Crippen molar-refractivity contribution in [3.8, 4) is 11.5 Å². The zero-order valence-electron chi connectivity index (χ0n) is 14.4. The normalized spacial score (nSPS) is 11.2. The number of benzene rings is 2. The Morgan fingerprint density at radius 2 is 1.71 bits per heavy atom. The Morgan fingerprint density at radius 3 is 2.25 bits per heavy atom. The number of phenols is 1. The maximum Gasteiger partial charge on any atom is 0.153 e. The zero-order valence-corrected chi connectivity index (χ0v) is 14.4. The molecule has 0 fully saturated rings. The van der Waals surface area contributed by atoms with Crippen molar-refractivity contribution in [1.82, 2.24) is 0 Å². The van der Waals surface area contributed by atoms with Gasteiger partial charge in [-0.1, -0.05) is 32.9 Å². The number of carbonyl (C=O) groups excluding carboxylic acids is 2. The molecule has 0 aliphatic carbocycles. The van der Waals surface area contributed by atoms with Gasteiger partial charge in [0.25, 0.3) is 0 Å². The topological polar surface area (TPSA) is 63.6 Å². The summed E-state index contributed by atoms with van der Waals surface area (Å²) in [6, 6.07) is 8.93. The van der Waals surface area contributed by atoms with Crippen molar-refractivity contribution in [1.29, 1.82) is 0 Å². The van der Waals surface area contributed by atoms with E-state index >= 15 is 0 Å². The minimum absolute atomic E-state index is 0.0125. The van der Waals surface area contributed by atoms with Crippen LogP contribution >= 0.6 is 0 Å². The number of carbonyl (C=O) groups is 2. The summed E-state index contributed by atoms with van der Waals surface area (Å²) in [7, 11) is 1.51. The van der Waals surface area contributed by atoms with Crippen molar-refractivity contribution >= 4 is 12.6 Å². The van der Waals surface area contributed by atoms with Gasteiger partial charge in [-0.2, -0.15) is 0 Å². The number of hydrogen-bond donors (Lipinski definition) is 1. The van der Waals surface area contributed by atoms with E-state index < -0.39 is 0 Å². The molecule has 4 heteroatoms. The lowest BCUT2D eigenvalue weighted by molar-refractivity contribution is 0.111. The lowest BCUT2D eigenvalue weighted by atomic mass is 9.84. The Balaban J connectivity index is 2.49. The summed E-state index contributed by atoms with van der Waals surface area (Å²) in [6.07, 6.45) is 1.82. The average molecular weight is 326 g/mol. The first-order chi connectivity index (χ1) is 11.3. The molecule has 0 amide bonds. The maximum absolute atomic E-state index is 11.3. The van der Waals surface area contributed by atoms with E-state index in [4.69, 9.17) is 4.74 Å². The SMILES string of the molecule is COc1ccc(Cc2cc(C(C)(C)C)cc(C=O)c2O)cc1C=O. The van der Waals surface area contributed by atoms with Gasteiger partial charge in [-0.3, -0.25) is 9.59 Å². The molecule has 126 valence electrons. The molecule has 0 atom stereocenters. The molecule has 0 aliphatic heterocycles. The van der Waals surface area contributed by atoms with Crippen LogP contribution in [0.15, 0.2) is 30.3 Å². The number of hydrogen-bond acceptors (Lipinski definition) is 4. The predicted octanol–water partition coefficient (Wildman–Crippen LogP) is 3.91. The van der Waals surface area contributed by atoms with Gasteiger partial charge in [0.2, 0.25) is 0 Å². The van der Waals surface area contributed by atoms with Crippen molar-refractivity contribution in [3.05, 3.63) is 58.1 Å². The van der Waals surface area contributed by atoms with Gasteiger partial charge in [0.05, 0.1) is 18.2 Å². The van der Waals surface area contributed by atoms with E-state index in [1.165, 1.54) is 7.11 Å². The smallest absolute Gasteiger partial charge is 0.153 e. The van der Waals surface area contributed by atoms with E-state index in [0.717, 1.165) is 17.4 Å². The van der Waals surface area contributed by atoms with E-state index in [1.807, 2.05) is 12.1 Å². The Kier molecular flexibility index (Phi) is 5.07. The molecule has 0 unspecified atom stereocenters. The third-order valence-electron chi connectivity index (χ3n) is 4.03. The molecule has 0 saturated heterocycles. The van der Waals surface area contributed by atoms with E-state index in [2.05, 4.69) is 20.8 Å². The molecule has 0 bridgehead atoms. The summed E-state index contributed by atoms with van der Waals surface area (Å²) in [5.41, 5.74) is 3.08. The van der Waals surface area contributed by atoms with E-state index in [1.54, 1.807) is 18.2 Å². The minimum Gasteiger partial charge on any atom is -0.507 e. The largest absolute Gasteiger partial charge is 0.507 e. The Hall–Kier alpha value is -2.62. The molecular weight excluding hydrogens is 304 g/mol. The van der Waals surface area contributed by atoms with Crippen LogP contribution in [0, 0.1) is 0 Å². The third-order valence-corrected chi connectivity index (χ3v) is 4.03. The monoisotopic (exact) mass is 326 g/mol. The standard InChI is InChI=1S/C20H22O4/c1-20(2,3)17-9-14(19(23)16(10-17)12-22)7-13-5-6-18(24-4)15(8-13)11-21/h5-6,8-12,23H,7H2,1-4H3. The first-order valence-corrected chi connectivity index (χ1v) is 7.73. The lowest BCUT2D eigenvalue weighted by Gasteiger charge is -2.21. The second-order valence-corrected chi connectivity index (χ2v) is 6.81. The fourth-order valence-corrected chi connectivity index (χ4v) is 2.58. The number of methoxy groups -OCH3 is 1. The molecule has 0 spiro atoms. The molecule has 0 aliphatic rings. The first-order valence-electron chi connectivity index (χ1n) is 7.73. The summed E-state index contributed by atoms with van der Waals surface area (Å²) in [5.74, 6) is 0.497. The number of aromatic hydroxyl groups is 1. The summed E-state index contributed by atoms with van der Waals surface area (Å²) < 4.78 is 5.14. The van der Waals surface area contributed by atoms with Gasteiger partial charge < -0.3 is 9.84 Å². The molecule has 2 aromatic rings. The molecular formula is C20H22O4. The molecule has 0 saturated carbocycles. The average Bonchev–Trinajstić information content (AvgIpc) is 2.55. The summed E-state index contributed by atoms with van der Waals surface area (Å²) in [4.78, 5) is 22.4. The molecule has 2 aromatic carbocycles. The fourth-order valence-electron chi connectivity index (χ4n) is 2.58. The van der Waals surface area contributed by atoms with Crippen molar-refractivity contribution in [2.45, 2.75) is 32.6 Å². The highest BCUT2D eigenvalue weighted by atomic mass is 16.5. The number of aldehydes is 2. The molecule has 2 rings (SSSR count). The summed E-state index contributed by atoms with van der Waals surface area (Å²) in [5, 5.41) is 10.3. The predicted molar refractivity (Wildman–Crippen MR) is 93.4 cm³/mol. The van der Waals surface area contributed by atoms with Crippen LogP contribution in [0.5, 0.6) is 11.5 Å². The quantitative estimate of drug-likeness (QED) is 0.846. The lowest BCUT2D eigenvalue weighted by Crippen LogP contribution is -2.12.